The van der Waals surface area contributed by atoms with Crippen molar-refractivity contribution in [1.29, 1.82) is 0 Å². The van der Waals surface area contributed by atoms with E-state index in [1.54, 1.807) is 37.3 Å². The van der Waals surface area contributed by atoms with Gasteiger partial charge in [-0.25, -0.2) is 8.42 Å². The van der Waals surface area contributed by atoms with E-state index in [-0.39, 0.29) is 45.5 Å². The quantitative estimate of drug-likeness (QED) is 0.216. The maximum atomic E-state index is 14.2. The number of halogens is 4. The number of nitrogens with zero attached hydrogens (tertiary/aromatic N) is 2. The number of carbonyl (C=O) groups is 2. The molecule has 0 fully saturated rings. The lowest BCUT2D eigenvalue weighted by atomic mass is 10.1. The van der Waals surface area contributed by atoms with Gasteiger partial charge in [0.05, 0.1) is 15.6 Å². The number of hydrogen-bond acceptors (Lipinski definition) is 4. The molecule has 7 nitrogen and oxygen atoms in total. The monoisotopic (exact) mass is 671 g/mol. The molecule has 226 valence electrons. The highest BCUT2D eigenvalue weighted by Crippen LogP contribution is 2.34. The molecular formula is C30H33Cl4N3O4S. The number of nitrogens with one attached hydrogen (secondary N) is 1. The average molecular weight is 673 g/mol. The van der Waals surface area contributed by atoms with Gasteiger partial charge in [0.2, 0.25) is 11.8 Å². The van der Waals surface area contributed by atoms with Crippen LogP contribution in [0.4, 0.5) is 5.69 Å². The summed E-state index contributed by atoms with van der Waals surface area (Å²) in [4.78, 5) is 28.9. The van der Waals surface area contributed by atoms with E-state index in [0.29, 0.717) is 22.0 Å². The minimum atomic E-state index is -4.31. The lowest BCUT2D eigenvalue weighted by Crippen LogP contribution is -2.53. The summed E-state index contributed by atoms with van der Waals surface area (Å²) in [6.45, 7) is 6.58. The number of rotatable bonds is 12. The van der Waals surface area contributed by atoms with Crippen LogP contribution in [0.25, 0.3) is 0 Å². The van der Waals surface area contributed by atoms with Crippen LogP contribution in [-0.4, -0.2) is 43.8 Å². The highest BCUT2D eigenvalue weighted by Gasteiger charge is 2.35. The molecule has 42 heavy (non-hydrogen) atoms. The molecule has 0 radical (unpaired) electrons. The maximum absolute atomic E-state index is 14.2. The summed E-state index contributed by atoms with van der Waals surface area (Å²) in [5.74, 6) is -1.04. The fraction of sp³-hybridized carbons (Fsp3) is 0.333. The first-order valence-electron chi connectivity index (χ1n) is 13.4. The zero-order valence-electron chi connectivity index (χ0n) is 23.7. The van der Waals surface area contributed by atoms with E-state index in [9.17, 15) is 18.0 Å². The van der Waals surface area contributed by atoms with Crippen LogP contribution in [0.2, 0.25) is 20.1 Å². The first kappa shape index (κ1) is 34.0. The van der Waals surface area contributed by atoms with Gasteiger partial charge in [-0.3, -0.25) is 13.9 Å². The molecule has 3 rings (SSSR count). The fourth-order valence-electron chi connectivity index (χ4n) is 4.24. The third-order valence-corrected chi connectivity index (χ3v) is 9.88. The topological polar surface area (TPSA) is 86.8 Å². The van der Waals surface area contributed by atoms with E-state index in [2.05, 4.69) is 5.32 Å². The van der Waals surface area contributed by atoms with Crippen molar-refractivity contribution >= 4 is 73.9 Å². The van der Waals surface area contributed by atoms with Crippen LogP contribution < -0.4 is 9.62 Å². The smallest absolute Gasteiger partial charge is 0.264 e. The summed E-state index contributed by atoms with van der Waals surface area (Å²) >= 11 is 25.6. The van der Waals surface area contributed by atoms with Gasteiger partial charge in [-0.05, 0) is 69.2 Å². The van der Waals surface area contributed by atoms with E-state index in [0.717, 1.165) is 9.87 Å². The van der Waals surface area contributed by atoms with E-state index < -0.39 is 28.5 Å². The van der Waals surface area contributed by atoms with E-state index in [1.165, 1.54) is 35.2 Å². The predicted molar refractivity (Wildman–Crippen MR) is 171 cm³/mol. The van der Waals surface area contributed by atoms with Crippen molar-refractivity contribution in [2.24, 2.45) is 0 Å². The number of anilines is 1. The minimum absolute atomic E-state index is 0.0194. The van der Waals surface area contributed by atoms with Gasteiger partial charge < -0.3 is 10.2 Å². The molecule has 0 saturated heterocycles. The molecule has 2 atom stereocenters. The summed E-state index contributed by atoms with van der Waals surface area (Å²) in [5, 5.41) is 3.84. The first-order chi connectivity index (χ1) is 19.8. The largest absolute Gasteiger partial charge is 0.352 e. The molecule has 0 aliphatic carbocycles. The third kappa shape index (κ3) is 8.11. The number of hydrogen-bond donors (Lipinski definition) is 1. The number of carbonyl (C=O) groups excluding carboxylic acids is 2. The minimum Gasteiger partial charge on any atom is -0.352 e. The van der Waals surface area contributed by atoms with Gasteiger partial charge >= 0.3 is 0 Å². The number of benzene rings is 3. The number of sulfonamides is 1. The van der Waals surface area contributed by atoms with Crippen LogP contribution >= 0.6 is 46.4 Å². The Hall–Kier alpha value is -2.49. The number of amides is 2. The number of aryl methyl sites for hydroxylation is 1. The molecular weight excluding hydrogens is 640 g/mol. The van der Waals surface area contributed by atoms with Crippen molar-refractivity contribution in [1.82, 2.24) is 10.2 Å². The van der Waals surface area contributed by atoms with Gasteiger partial charge in [0.15, 0.2) is 0 Å². The molecule has 2 amide bonds. The molecule has 0 spiro atoms. The second kappa shape index (κ2) is 14.8. The van der Waals surface area contributed by atoms with Gasteiger partial charge in [-0.2, -0.15) is 0 Å². The summed E-state index contributed by atoms with van der Waals surface area (Å²) in [6, 6.07) is 14.4. The molecule has 0 aromatic heterocycles. The Morgan fingerprint density at radius 3 is 2.07 bits per heavy atom. The standard InChI is InChI=1S/C30H33Cl4N3O4S/c1-5-20(4)35-30(39)27(6-2)36(17-23-24(32)8-7-9-25(23)33)29(38)18-37(28-16-21(31)12-15-26(28)34)42(40,41)22-13-10-19(3)11-14-22/h7-16,20,27H,5-6,17-18H2,1-4H3,(H,35,39)/t20-,27+/m1/s1. The van der Waals surface area contributed by atoms with Crippen molar-refractivity contribution in [3.8, 4) is 0 Å². The highest BCUT2D eigenvalue weighted by molar-refractivity contribution is 7.92. The molecule has 3 aromatic carbocycles. The lowest BCUT2D eigenvalue weighted by Gasteiger charge is -2.34. The Morgan fingerprint density at radius 1 is 0.881 bits per heavy atom. The van der Waals surface area contributed by atoms with Crippen molar-refractivity contribution in [3.05, 3.63) is 91.9 Å². The summed E-state index contributed by atoms with van der Waals surface area (Å²) in [6.07, 6.45) is 0.932. The summed E-state index contributed by atoms with van der Waals surface area (Å²) < 4.78 is 29.0. The Labute approximate surface area is 267 Å². The lowest BCUT2D eigenvalue weighted by molar-refractivity contribution is -0.140. The molecule has 0 bridgehead atoms. The van der Waals surface area contributed by atoms with Crippen molar-refractivity contribution in [3.63, 3.8) is 0 Å². The average Bonchev–Trinajstić information content (AvgIpc) is 2.94. The molecule has 0 aliphatic rings. The molecule has 12 heteroatoms. The molecule has 3 aromatic rings. The highest BCUT2D eigenvalue weighted by atomic mass is 35.5. The van der Waals surface area contributed by atoms with Crippen LogP contribution in [0.3, 0.4) is 0 Å². The molecule has 0 saturated carbocycles. The Morgan fingerprint density at radius 2 is 1.50 bits per heavy atom. The van der Waals surface area contributed by atoms with Crippen molar-refractivity contribution in [2.75, 3.05) is 10.8 Å². The van der Waals surface area contributed by atoms with Crippen molar-refractivity contribution in [2.45, 2.75) is 64.1 Å². The molecule has 0 unspecified atom stereocenters. The fourth-order valence-corrected chi connectivity index (χ4v) is 6.62. The zero-order valence-corrected chi connectivity index (χ0v) is 27.5. The SMILES string of the molecule is CC[C@@H](C)NC(=O)[C@H](CC)N(Cc1c(Cl)cccc1Cl)C(=O)CN(c1cc(Cl)ccc1Cl)S(=O)(=O)c1ccc(C)cc1. The van der Waals surface area contributed by atoms with Gasteiger partial charge in [0.25, 0.3) is 10.0 Å². The van der Waals surface area contributed by atoms with Crippen LogP contribution in [0.1, 0.15) is 44.7 Å². The van der Waals surface area contributed by atoms with Crippen LogP contribution in [0, 0.1) is 6.92 Å². The van der Waals surface area contributed by atoms with Gasteiger partial charge in [-0.15, -0.1) is 0 Å². The van der Waals surface area contributed by atoms with Crippen LogP contribution in [0.15, 0.2) is 65.6 Å². The first-order valence-corrected chi connectivity index (χ1v) is 16.3. The normalized spacial score (nSPS) is 12.9. The Balaban J connectivity index is 2.14. The maximum Gasteiger partial charge on any atom is 0.264 e. The van der Waals surface area contributed by atoms with E-state index in [1.807, 2.05) is 20.8 Å². The zero-order chi connectivity index (χ0) is 31.2. The summed E-state index contributed by atoms with van der Waals surface area (Å²) in [5.41, 5.74) is 1.31. The van der Waals surface area contributed by atoms with E-state index >= 15 is 0 Å². The Bertz CT molecular complexity index is 1510. The van der Waals surface area contributed by atoms with E-state index in [4.69, 9.17) is 46.4 Å². The third-order valence-electron chi connectivity index (χ3n) is 6.84. The second-order valence-electron chi connectivity index (χ2n) is 9.88. The van der Waals surface area contributed by atoms with Gasteiger partial charge in [-0.1, -0.05) is 84.0 Å². The molecule has 0 heterocycles. The molecule has 0 aliphatic heterocycles. The Kier molecular flexibility index (Phi) is 12.0. The molecule has 1 N–H and O–H groups in total. The summed E-state index contributed by atoms with van der Waals surface area (Å²) in [7, 11) is -4.31. The second-order valence-corrected chi connectivity index (χ2v) is 13.4. The van der Waals surface area contributed by atoms with Crippen LogP contribution in [-0.2, 0) is 26.2 Å². The van der Waals surface area contributed by atoms with Crippen LogP contribution in [0.5, 0.6) is 0 Å². The van der Waals surface area contributed by atoms with Gasteiger partial charge in [0.1, 0.15) is 12.6 Å². The van der Waals surface area contributed by atoms with Crippen molar-refractivity contribution < 1.29 is 18.0 Å². The van der Waals surface area contributed by atoms with Gasteiger partial charge in [0, 0.05) is 33.2 Å². The predicted octanol–water partition coefficient (Wildman–Crippen LogP) is 7.53.